The van der Waals surface area contributed by atoms with E-state index in [1.807, 2.05) is 0 Å². The van der Waals surface area contributed by atoms with Crippen LogP contribution in [0.15, 0.2) is 29.2 Å². The molecule has 0 aliphatic rings. The molecule has 2 aromatic heterocycles. The molecule has 7 heteroatoms. The summed E-state index contributed by atoms with van der Waals surface area (Å²) in [5, 5.41) is 19.4. The van der Waals surface area contributed by atoms with Crippen molar-refractivity contribution in [2.45, 2.75) is 0 Å². The third-order valence-corrected chi connectivity index (χ3v) is 2.17. The van der Waals surface area contributed by atoms with Crippen LogP contribution in [-0.4, -0.2) is 28.3 Å². The fourth-order valence-corrected chi connectivity index (χ4v) is 1.25. The highest BCUT2D eigenvalue weighted by atomic mass is 16.5. The molecular formula is C10H7N5O2. The third kappa shape index (κ3) is 1.96. The minimum Gasteiger partial charge on any atom is -0.363 e. The number of rotatable bonds is 2. The van der Waals surface area contributed by atoms with E-state index in [0.717, 1.165) is 6.26 Å². The second kappa shape index (κ2) is 4.40. The molecule has 84 valence electrons. The molecule has 17 heavy (non-hydrogen) atoms. The highest BCUT2D eigenvalue weighted by molar-refractivity contribution is 6.06. The van der Waals surface area contributed by atoms with Gasteiger partial charge in [0.25, 0.3) is 5.91 Å². The van der Waals surface area contributed by atoms with E-state index in [9.17, 15) is 4.79 Å². The van der Waals surface area contributed by atoms with Crippen molar-refractivity contribution in [2.24, 2.45) is 0 Å². The molecule has 0 aromatic carbocycles. The standard InChI is InChI=1S/C10H7N5O2/c1-15(7-2-3-12-13-5-7)10(16)8-6-17-14-9(8)4-11/h2-3,5-6H,1H3. The van der Waals surface area contributed by atoms with Gasteiger partial charge in [0.15, 0.2) is 5.69 Å². The Bertz CT molecular complexity index is 572. The van der Waals surface area contributed by atoms with Gasteiger partial charge in [0.2, 0.25) is 0 Å². The number of hydrogen-bond donors (Lipinski definition) is 0. The highest BCUT2D eigenvalue weighted by Gasteiger charge is 2.20. The van der Waals surface area contributed by atoms with Gasteiger partial charge in [-0.3, -0.25) is 4.79 Å². The molecule has 2 heterocycles. The molecule has 0 fully saturated rings. The molecule has 0 aliphatic carbocycles. The van der Waals surface area contributed by atoms with Crippen LogP contribution in [0.3, 0.4) is 0 Å². The Hall–Kier alpha value is -2.75. The largest absolute Gasteiger partial charge is 0.363 e. The van der Waals surface area contributed by atoms with Crippen LogP contribution in [0.1, 0.15) is 16.1 Å². The smallest absolute Gasteiger partial charge is 0.264 e. The van der Waals surface area contributed by atoms with E-state index in [4.69, 9.17) is 5.26 Å². The van der Waals surface area contributed by atoms with Gasteiger partial charge in [0, 0.05) is 7.05 Å². The van der Waals surface area contributed by atoms with Crippen LogP contribution in [0, 0.1) is 11.3 Å². The van der Waals surface area contributed by atoms with Crippen molar-refractivity contribution in [2.75, 3.05) is 11.9 Å². The van der Waals surface area contributed by atoms with Gasteiger partial charge < -0.3 is 9.42 Å². The lowest BCUT2D eigenvalue weighted by molar-refractivity contribution is 0.0992. The van der Waals surface area contributed by atoms with Crippen LogP contribution >= 0.6 is 0 Å². The predicted molar refractivity (Wildman–Crippen MR) is 56.0 cm³/mol. The second-order valence-corrected chi connectivity index (χ2v) is 3.15. The lowest BCUT2D eigenvalue weighted by Crippen LogP contribution is -2.26. The number of nitriles is 1. The topological polar surface area (TPSA) is 95.9 Å². The van der Waals surface area contributed by atoms with Gasteiger partial charge in [-0.25, -0.2) is 0 Å². The van der Waals surface area contributed by atoms with Crippen LogP contribution in [-0.2, 0) is 0 Å². The van der Waals surface area contributed by atoms with Gasteiger partial charge in [-0.1, -0.05) is 5.16 Å². The number of carbonyl (C=O) groups is 1. The molecule has 1 amide bonds. The number of amides is 1. The molecule has 2 aromatic rings. The van der Waals surface area contributed by atoms with Gasteiger partial charge in [0.1, 0.15) is 17.9 Å². The normalized spacial score (nSPS) is 9.65. The predicted octanol–water partition coefficient (Wildman–Crippen LogP) is 0.613. The van der Waals surface area contributed by atoms with Crippen molar-refractivity contribution in [3.63, 3.8) is 0 Å². The van der Waals surface area contributed by atoms with Crippen molar-refractivity contribution in [3.8, 4) is 6.07 Å². The first kappa shape index (κ1) is 10.8. The molecule has 0 bridgehead atoms. The monoisotopic (exact) mass is 229 g/mol. The summed E-state index contributed by atoms with van der Waals surface area (Å²) in [4.78, 5) is 13.3. The Kier molecular flexibility index (Phi) is 2.79. The summed E-state index contributed by atoms with van der Waals surface area (Å²) < 4.78 is 4.60. The maximum atomic E-state index is 12.0. The van der Waals surface area contributed by atoms with Gasteiger partial charge >= 0.3 is 0 Å². The van der Waals surface area contributed by atoms with Crippen molar-refractivity contribution >= 4 is 11.6 Å². The van der Waals surface area contributed by atoms with Crippen molar-refractivity contribution in [1.29, 1.82) is 5.26 Å². The quantitative estimate of drug-likeness (QED) is 0.748. The maximum Gasteiger partial charge on any atom is 0.264 e. The number of nitrogens with zero attached hydrogens (tertiary/aromatic N) is 5. The zero-order valence-electron chi connectivity index (χ0n) is 8.86. The van der Waals surface area contributed by atoms with Crippen molar-refractivity contribution in [1.82, 2.24) is 15.4 Å². The van der Waals surface area contributed by atoms with Crippen LogP contribution in [0.25, 0.3) is 0 Å². The van der Waals surface area contributed by atoms with Crippen molar-refractivity contribution in [3.05, 3.63) is 36.0 Å². The van der Waals surface area contributed by atoms with Crippen LogP contribution < -0.4 is 4.90 Å². The molecule has 0 saturated carbocycles. The average molecular weight is 229 g/mol. The minimum atomic E-state index is -0.393. The zero-order chi connectivity index (χ0) is 12.3. The summed E-state index contributed by atoms with van der Waals surface area (Å²) in [6.07, 6.45) is 4.06. The molecule has 0 radical (unpaired) electrons. The summed E-state index contributed by atoms with van der Waals surface area (Å²) >= 11 is 0. The first-order chi connectivity index (χ1) is 8.24. The first-order valence-electron chi connectivity index (χ1n) is 4.63. The van der Waals surface area contributed by atoms with E-state index in [-0.39, 0.29) is 11.3 Å². The Labute approximate surface area is 96.3 Å². The Morgan fingerprint density at radius 3 is 3.00 bits per heavy atom. The lowest BCUT2D eigenvalue weighted by atomic mass is 10.2. The summed E-state index contributed by atoms with van der Waals surface area (Å²) in [5.74, 6) is -0.393. The average Bonchev–Trinajstić information content (AvgIpc) is 2.86. The van der Waals surface area contributed by atoms with Gasteiger partial charge in [-0.15, -0.1) is 0 Å². The number of anilines is 1. The fraction of sp³-hybridized carbons (Fsp3) is 0.100. The Morgan fingerprint density at radius 1 is 1.53 bits per heavy atom. The number of aromatic nitrogens is 3. The third-order valence-electron chi connectivity index (χ3n) is 2.17. The molecule has 0 saturated heterocycles. The van der Waals surface area contributed by atoms with Crippen LogP contribution in [0.4, 0.5) is 5.69 Å². The summed E-state index contributed by atoms with van der Waals surface area (Å²) in [5.41, 5.74) is 0.644. The molecule has 0 atom stereocenters. The minimum absolute atomic E-state index is 0.0381. The van der Waals surface area contributed by atoms with Crippen LogP contribution in [0.5, 0.6) is 0 Å². The van der Waals surface area contributed by atoms with Gasteiger partial charge in [0.05, 0.1) is 18.1 Å². The second-order valence-electron chi connectivity index (χ2n) is 3.15. The highest BCUT2D eigenvalue weighted by Crippen LogP contribution is 2.14. The molecule has 2 rings (SSSR count). The maximum absolute atomic E-state index is 12.0. The zero-order valence-corrected chi connectivity index (χ0v) is 8.86. The summed E-state index contributed by atoms with van der Waals surface area (Å²) in [6, 6.07) is 3.41. The molecule has 0 aliphatic heterocycles. The van der Waals surface area contributed by atoms with E-state index in [1.54, 1.807) is 19.2 Å². The summed E-state index contributed by atoms with van der Waals surface area (Å²) in [6.45, 7) is 0. The van der Waals surface area contributed by atoms with Gasteiger partial charge in [-0.05, 0) is 6.07 Å². The molecule has 0 unspecified atom stereocenters. The van der Waals surface area contributed by atoms with E-state index in [2.05, 4.69) is 19.9 Å². The van der Waals surface area contributed by atoms with E-state index in [1.165, 1.54) is 17.3 Å². The van der Waals surface area contributed by atoms with E-state index < -0.39 is 5.91 Å². The number of carbonyl (C=O) groups excluding carboxylic acids is 1. The molecule has 7 nitrogen and oxygen atoms in total. The first-order valence-corrected chi connectivity index (χ1v) is 4.63. The molecular weight excluding hydrogens is 222 g/mol. The summed E-state index contributed by atoms with van der Waals surface area (Å²) in [7, 11) is 1.56. The fourth-order valence-electron chi connectivity index (χ4n) is 1.25. The van der Waals surface area contributed by atoms with Crippen molar-refractivity contribution < 1.29 is 9.32 Å². The molecule has 0 N–H and O–H groups in total. The van der Waals surface area contributed by atoms with E-state index >= 15 is 0 Å². The molecule has 0 spiro atoms. The van der Waals surface area contributed by atoms with Crippen LogP contribution in [0.2, 0.25) is 0 Å². The Morgan fingerprint density at radius 2 is 2.35 bits per heavy atom. The number of hydrogen-bond acceptors (Lipinski definition) is 6. The SMILES string of the molecule is CN(C(=O)c1conc1C#N)c1ccnnc1. The van der Waals surface area contributed by atoms with Gasteiger partial charge in [-0.2, -0.15) is 15.5 Å². The lowest BCUT2D eigenvalue weighted by Gasteiger charge is -2.14. The Balaban J connectivity index is 2.31. The van der Waals surface area contributed by atoms with E-state index in [0.29, 0.717) is 5.69 Å².